The molecule has 0 aliphatic heterocycles. The second-order valence-corrected chi connectivity index (χ2v) is 6.22. The number of hydrogen-bond donors (Lipinski definition) is 1. The molecule has 0 saturated carbocycles. The van der Waals surface area contributed by atoms with Gasteiger partial charge in [0.2, 0.25) is 0 Å². The molecule has 7 nitrogen and oxygen atoms in total. The number of benzene rings is 2. The van der Waals surface area contributed by atoms with Crippen molar-refractivity contribution in [3.8, 4) is 0 Å². The molecule has 0 spiro atoms. The zero-order valence-electron chi connectivity index (χ0n) is 13.2. The Labute approximate surface area is 147 Å². The minimum absolute atomic E-state index is 0.0285. The van der Waals surface area contributed by atoms with E-state index in [9.17, 15) is 20.0 Å². The lowest BCUT2D eigenvalue weighted by molar-refractivity contribution is -0.384. The second kappa shape index (κ2) is 7.45. The first-order valence-electron chi connectivity index (χ1n) is 7.56. The summed E-state index contributed by atoms with van der Waals surface area (Å²) in [6.07, 6.45) is 0. The standard InChI is InChI=1S/C17H15N3O4S/c21-9-8-19-15-7-6-13(20(23)24)10-14(15)18-17(19)25-11-16(22)12-4-2-1-3-5-12/h1-7,10,21H,8-9,11H2. The first-order chi connectivity index (χ1) is 12.1. The quantitative estimate of drug-likeness (QED) is 0.302. The topological polar surface area (TPSA) is 98.3 Å². The summed E-state index contributed by atoms with van der Waals surface area (Å²) in [4.78, 5) is 27.1. The molecule has 0 unspecified atom stereocenters. The average Bonchev–Trinajstić information content (AvgIpc) is 2.97. The highest BCUT2D eigenvalue weighted by molar-refractivity contribution is 7.99. The van der Waals surface area contributed by atoms with Crippen LogP contribution in [-0.2, 0) is 6.54 Å². The Balaban J connectivity index is 1.88. The van der Waals surface area contributed by atoms with Crippen LogP contribution < -0.4 is 0 Å². The van der Waals surface area contributed by atoms with Crippen LogP contribution in [0.25, 0.3) is 11.0 Å². The van der Waals surface area contributed by atoms with E-state index >= 15 is 0 Å². The third kappa shape index (κ3) is 3.70. The number of aromatic nitrogens is 2. The summed E-state index contributed by atoms with van der Waals surface area (Å²) in [7, 11) is 0. The Morgan fingerprint density at radius 3 is 2.68 bits per heavy atom. The van der Waals surface area contributed by atoms with Gasteiger partial charge in [0, 0.05) is 24.2 Å². The number of aliphatic hydroxyl groups excluding tert-OH is 1. The summed E-state index contributed by atoms with van der Waals surface area (Å²) in [5.41, 5.74) is 1.74. The van der Waals surface area contributed by atoms with Gasteiger partial charge < -0.3 is 9.67 Å². The molecule has 0 aliphatic rings. The molecule has 3 aromatic rings. The fourth-order valence-corrected chi connectivity index (χ4v) is 3.41. The monoisotopic (exact) mass is 357 g/mol. The molecule has 0 amide bonds. The Hall–Kier alpha value is -2.71. The minimum Gasteiger partial charge on any atom is -0.395 e. The number of non-ortho nitro benzene ring substituents is 1. The SMILES string of the molecule is O=C(CSc1nc2cc([N+](=O)[O-])ccc2n1CCO)c1ccccc1. The summed E-state index contributed by atoms with van der Waals surface area (Å²) in [6.45, 7) is 0.207. The van der Waals surface area contributed by atoms with Crippen molar-refractivity contribution >= 4 is 34.3 Å². The van der Waals surface area contributed by atoms with Crippen molar-refractivity contribution in [1.29, 1.82) is 0 Å². The number of nitro benzene ring substituents is 1. The summed E-state index contributed by atoms with van der Waals surface area (Å²) >= 11 is 1.25. The number of nitro groups is 1. The maximum atomic E-state index is 12.2. The van der Waals surface area contributed by atoms with Gasteiger partial charge in [0.05, 0.1) is 28.3 Å². The van der Waals surface area contributed by atoms with Crippen LogP contribution in [0.15, 0.2) is 53.7 Å². The van der Waals surface area contributed by atoms with Crippen LogP contribution >= 0.6 is 11.8 Å². The number of nitrogens with zero attached hydrogens (tertiary/aromatic N) is 3. The number of hydrogen-bond acceptors (Lipinski definition) is 6. The minimum atomic E-state index is -0.476. The maximum Gasteiger partial charge on any atom is 0.271 e. The van der Waals surface area contributed by atoms with Crippen LogP contribution in [0, 0.1) is 10.1 Å². The highest BCUT2D eigenvalue weighted by Gasteiger charge is 2.16. The molecule has 0 aliphatic carbocycles. The smallest absolute Gasteiger partial charge is 0.271 e. The van der Waals surface area contributed by atoms with Gasteiger partial charge in [0.1, 0.15) is 0 Å². The molecule has 0 bridgehead atoms. The van der Waals surface area contributed by atoms with E-state index < -0.39 is 4.92 Å². The van der Waals surface area contributed by atoms with Crippen LogP contribution in [0.1, 0.15) is 10.4 Å². The van der Waals surface area contributed by atoms with Crippen LogP contribution in [0.3, 0.4) is 0 Å². The number of ketones is 1. The maximum absolute atomic E-state index is 12.2. The van der Waals surface area contributed by atoms with E-state index in [0.717, 1.165) is 0 Å². The van der Waals surface area contributed by atoms with Gasteiger partial charge in [0.25, 0.3) is 5.69 Å². The molecule has 1 aromatic heterocycles. The van der Waals surface area contributed by atoms with Crippen LogP contribution in [-0.4, -0.2) is 37.7 Å². The lowest BCUT2D eigenvalue weighted by atomic mass is 10.2. The molecule has 1 heterocycles. The highest BCUT2D eigenvalue weighted by Crippen LogP contribution is 2.27. The first kappa shape index (κ1) is 17.1. The predicted octanol–water partition coefficient (Wildman–Crippen LogP) is 2.91. The Kier molecular flexibility index (Phi) is 5.11. The van der Waals surface area contributed by atoms with Gasteiger partial charge in [-0.05, 0) is 6.07 Å². The van der Waals surface area contributed by atoms with Crippen LogP contribution in [0.2, 0.25) is 0 Å². The second-order valence-electron chi connectivity index (χ2n) is 5.28. The van der Waals surface area contributed by atoms with Crippen molar-refractivity contribution < 1.29 is 14.8 Å². The predicted molar refractivity (Wildman–Crippen MR) is 95.0 cm³/mol. The van der Waals surface area contributed by atoms with E-state index in [-0.39, 0.29) is 23.8 Å². The van der Waals surface area contributed by atoms with Crippen molar-refractivity contribution in [2.75, 3.05) is 12.4 Å². The summed E-state index contributed by atoms with van der Waals surface area (Å²) < 4.78 is 1.77. The lowest BCUT2D eigenvalue weighted by Gasteiger charge is -2.06. The van der Waals surface area contributed by atoms with E-state index in [2.05, 4.69) is 4.98 Å². The molecule has 128 valence electrons. The number of imidazole rings is 1. The van der Waals surface area contributed by atoms with Crippen LogP contribution in [0.5, 0.6) is 0 Å². The fourth-order valence-electron chi connectivity index (χ4n) is 2.47. The fraction of sp³-hybridized carbons (Fsp3) is 0.176. The summed E-state index contributed by atoms with van der Waals surface area (Å²) in [5.74, 6) is 0.167. The Morgan fingerprint density at radius 2 is 2.00 bits per heavy atom. The van der Waals surface area contributed by atoms with Gasteiger partial charge in [-0.15, -0.1) is 0 Å². The van der Waals surface area contributed by atoms with Crippen molar-refractivity contribution in [2.45, 2.75) is 11.7 Å². The number of thioether (sulfide) groups is 1. The first-order valence-corrected chi connectivity index (χ1v) is 8.55. The molecule has 0 atom stereocenters. The molecule has 0 saturated heterocycles. The van der Waals surface area contributed by atoms with E-state index in [4.69, 9.17) is 0 Å². The number of fused-ring (bicyclic) bond motifs is 1. The molecule has 2 aromatic carbocycles. The molecule has 0 fully saturated rings. The lowest BCUT2D eigenvalue weighted by Crippen LogP contribution is -2.06. The van der Waals surface area contributed by atoms with E-state index in [1.807, 2.05) is 6.07 Å². The van der Waals surface area contributed by atoms with E-state index in [1.165, 1.54) is 23.9 Å². The van der Waals surface area contributed by atoms with Gasteiger partial charge in [-0.3, -0.25) is 14.9 Å². The average molecular weight is 357 g/mol. The molecular formula is C17H15N3O4S. The molecule has 25 heavy (non-hydrogen) atoms. The number of carbonyl (C=O) groups excluding carboxylic acids is 1. The summed E-state index contributed by atoms with van der Waals surface area (Å²) in [5, 5.41) is 20.8. The summed E-state index contributed by atoms with van der Waals surface area (Å²) in [6, 6.07) is 13.4. The van der Waals surface area contributed by atoms with Crippen molar-refractivity contribution in [1.82, 2.24) is 9.55 Å². The third-order valence-electron chi connectivity index (χ3n) is 3.66. The van der Waals surface area contributed by atoms with Gasteiger partial charge >= 0.3 is 0 Å². The van der Waals surface area contributed by atoms with Gasteiger partial charge in [-0.1, -0.05) is 42.1 Å². The normalized spacial score (nSPS) is 10.9. The van der Waals surface area contributed by atoms with Gasteiger partial charge in [0.15, 0.2) is 10.9 Å². The zero-order chi connectivity index (χ0) is 17.8. The number of carbonyl (C=O) groups is 1. The van der Waals surface area contributed by atoms with Gasteiger partial charge in [-0.2, -0.15) is 0 Å². The number of aliphatic hydroxyl groups is 1. The van der Waals surface area contributed by atoms with Gasteiger partial charge in [-0.25, -0.2) is 4.98 Å². The molecule has 1 N–H and O–H groups in total. The van der Waals surface area contributed by atoms with Crippen molar-refractivity contribution in [3.63, 3.8) is 0 Å². The molecule has 8 heteroatoms. The zero-order valence-corrected chi connectivity index (χ0v) is 14.0. The van der Waals surface area contributed by atoms with E-state index in [0.29, 0.717) is 28.3 Å². The molecule has 0 radical (unpaired) electrons. The largest absolute Gasteiger partial charge is 0.395 e. The molecular weight excluding hydrogens is 342 g/mol. The van der Waals surface area contributed by atoms with Crippen molar-refractivity contribution in [3.05, 3.63) is 64.2 Å². The molecule has 3 rings (SSSR count). The Morgan fingerprint density at radius 1 is 1.24 bits per heavy atom. The van der Waals surface area contributed by atoms with Crippen molar-refractivity contribution in [2.24, 2.45) is 0 Å². The van der Waals surface area contributed by atoms with E-state index in [1.54, 1.807) is 34.9 Å². The highest BCUT2D eigenvalue weighted by atomic mass is 32.2. The number of rotatable bonds is 7. The Bertz CT molecular complexity index is 924. The van der Waals surface area contributed by atoms with Crippen LogP contribution in [0.4, 0.5) is 5.69 Å². The number of Topliss-reactive ketones (excluding diaryl/α,β-unsaturated/α-hetero) is 1. The third-order valence-corrected chi connectivity index (χ3v) is 4.64.